The Hall–Kier alpha value is -0.800. The summed E-state index contributed by atoms with van der Waals surface area (Å²) in [5.74, 6) is 0. The third-order valence-corrected chi connectivity index (χ3v) is 2.65. The van der Waals surface area contributed by atoms with Crippen molar-refractivity contribution in [2.75, 3.05) is 0 Å². The maximum absolute atomic E-state index is 10.2. The Morgan fingerprint density at radius 1 is 1.06 bits per heavy atom. The number of hydrogen-bond donors (Lipinski definition) is 7. The molecule has 0 amide bonds. The van der Waals surface area contributed by atoms with Gasteiger partial charge >= 0.3 is 0 Å². The summed E-state index contributed by atoms with van der Waals surface area (Å²) in [7, 11) is 0. The summed E-state index contributed by atoms with van der Waals surface area (Å²) in [6, 6.07) is 0. The molecule has 92 valence electrons. The van der Waals surface area contributed by atoms with Crippen LogP contribution in [0, 0.1) is 0 Å². The maximum atomic E-state index is 10.2. The van der Waals surface area contributed by atoms with Gasteiger partial charge in [-0.2, -0.15) is 0 Å². The Balaban J connectivity index is 3.10. The van der Waals surface area contributed by atoms with Gasteiger partial charge in [0, 0.05) is 6.42 Å². The molecule has 7 heteroatoms. The van der Waals surface area contributed by atoms with Gasteiger partial charge in [-0.15, -0.1) is 0 Å². The highest BCUT2D eigenvalue weighted by molar-refractivity contribution is 5.38. The van der Waals surface area contributed by atoms with Crippen molar-refractivity contribution in [3.63, 3.8) is 0 Å². The third-order valence-electron chi connectivity index (χ3n) is 2.65. The van der Waals surface area contributed by atoms with E-state index in [1.54, 1.807) is 6.08 Å². The van der Waals surface area contributed by atoms with Gasteiger partial charge in [0.1, 0.15) is 5.60 Å². The van der Waals surface area contributed by atoms with Crippen molar-refractivity contribution in [3.8, 4) is 0 Å². The van der Waals surface area contributed by atoms with E-state index in [9.17, 15) is 5.11 Å². The van der Waals surface area contributed by atoms with E-state index in [-0.39, 0.29) is 6.42 Å². The van der Waals surface area contributed by atoms with Gasteiger partial charge in [-0.3, -0.25) is 0 Å². The van der Waals surface area contributed by atoms with Crippen LogP contribution in [0.2, 0.25) is 0 Å². The summed E-state index contributed by atoms with van der Waals surface area (Å²) in [5, 5.41) is 10.2. The molecule has 13 N–H and O–H groups in total. The molecule has 1 aliphatic rings. The Kier molecular flexibility index (Phi) is 3.81. The molecule has 1 atom stereocenters. The van der Waals surface area contributed by atoms with Crippen molar-refractivity contribution in [1.29, 1.82) is 0 Å². The van der Waals surface area contributed by atoms with Crippen molar-refractivity contribution in [3.05, 3.63) is 23.3 Å². The summed E-state index contributed by atoms with van der Waals surface area (Å²) in [6.45, 7) is 0. The largest absolute Gasteiger partial charge is 0.382 e. The van der Waals surface area contributed by atoms with E-state index in [0.29, 0.717) is 11.1 Å². The zero-order chi connectivity index (χ0) is 12.5. The lowest BCUT2D eigenvalue weighted by molar-refractivity contribution is 0.0610. The SMILES string of the molecule is NC(N)C1=CC(O)(C(N)N)CC(C(N)N)=C1. The fourth-order valence-electron chi connectivity index (χ4n) is 1.59. The highest BCUT2D eigenvalue weighted by Crippen LogP contribution is 2.28. The summed E-state index contributed by atoms with van der Waals surface area (Å²) in [5.41, 5.74) is 33.0. The molecule has 16 heavy (non-hydrogen) atoms. The lowest BCUT2D eigenvalue weighted by Crippen LogP contribution is -2.55. The molecular formula is C9H20N6O. The van der Waals surface area contributed by atoms with Crippen LogP contribution in [-0.4, -0.2) is 29.2 Å². The first-order chi connectivity index (χ1) is 7.26. The molecule has 7 nitrogen and oxygen atoms in total. The van der Waals surface area contributed by atoms with E-state index < -0.39 is 24.1 Å². The summed E-state index contributed by atoms with van der Waals surface area (Å²) in [6.07, 6.45) is 0.926. The lowest BCUT2D eigenvalue weighted by Gasteiger charge is -2.35. The first-order valence-corrected chi connectivity index (χ1v) is 4.95. The van der Waals surface area contributed by atoms with E-state index >= 15 is 0 Å². The molecule has 0 aromatic rings. The topological polar surface area (TPSA) is 176 Å². The molecule has 1 aliphatic carbocycles. The molecule has 0 fully saturated rings. The van der Waals surface area contributed by atoms with Gasteiger partial charge in [0.15, 0.2) is 0 Å². The molecule has 1 unspecified atom stereocenters. The van der Waals surface area contributed by atoms with Gasteiger partial charge in [0.25, 0.3) is 0 Å². The van der Waals surface area contributed by atoms with Gasteiger partial charge in [0.2, 0.25) is 0 Å². The van der Waals surface area contributed by atoms with Crippen molar-refractivity contribution in [2.45, 2.75) is 30.5 Å². The van der Waals surface area contributed by atoms with Crippen LogP contribution >= 0.6 is 0 Å². The molecule has 0 bridgehead atoms. The van der Waals surface area contributed by atoms with Crippen LogP contribution in [0.1, 0.15) is 6.42 Å². The van der Waals surface area contributed by atoms with Gasteiger partial charge in [0.05, 0.1) is 18.5 Å². The van der Waals surface area contributed by atoms with Crippen LogP contribution in [0.5, 0.6) is 0 Å². The quantitative estimate of drug-likeness (QED) is 0.247. The Labute approximate surface area is 94.1 Å². The van der Waals surface area contributed by atoms with Crippen molar-refractivity contribution in [2.24, 2.45) is 34.4 Å². The Morgan fingerprint density at radius 3 is 2.00 bits per heavy atom. The zero-order valence-electron chi connectivity index (χ0n) is 9.01. The molecule has 0 aromatic carbocycles. The molecule has 0 saturated carbocycles. The summed E-state index contributed by atoms with van der Waals surface area (Å²) >= 11 is 0. The number of rotatable bonds is 3. The fourth-order valence-corrected chi connectivity index (χ4v) is 1.59. The molecular weight excluding hydrogens is 208 g/mol. The second-order valence-electron chi connectivity index (χ2n) is 4.11. The average molecular weight is 228 g/mol. The van der Waals surface area contributed by atoms with Crippen LogP contribution < -0.4 is 34.4 Å². The van der Waals surface area contributed by atoms with Crippen molar-refractivity contribution in [1.82, 2.24) is 0 Å². The first kappa shape index (κ1) is 13.3. The Morgan fingerprint density at radius 2 is 1.62 bits per heavy atom. The van der Waals surface area contributed by atoms with Crippen LogP contribution in [0.15, 0.2) is 23.3 Å². The van der Waals surface area contributed by atoms with Crippen LogP contribution in [0.4, 0.5) is 0 Å². The van der Waals surface area contributed by atoms with Gasteiger partial charge in [-0.25, -0.2) is 0 Å². The second-order valence-corrected chi connectivity index (χ2v) is 4.11. The fraction of sp³-hybridized carbons (Fsp3) is 0.556. The molecule has 0 spiro atoms. The number of hydrogen-bond acceptors (Lipinski definition) is 7. The van der Waals surface area contributed by atoms with E-state index in [1.807, 2.05) is 0 Å². The summed E-state index contributed by atoms with van der Waals surface area (Å²) in [4.78, 5) is 0. The Bertz CT molecular complexity index is 322. The minimum atomic E-state index is -1.41. The molecule has 0 heterocycles. The average Bonchev–Trinajstić information content (AvgIpc) is 2.16. The van der Waals surface area contributed by atoms with Gasteiger partial charge < -0.3 is 39.5 Å². The van der Waals surface area contributed by atoms with E-state index in [2.05, 4.69) is 0 Å². The van der Waals surface area contributed by atoms with Crippen LogP contribution in [-0.2, 0) is 0 Å². The minimum absolute atomic E-state index is 0.179. The molecule has 0 radical (unpaired) electrons. The maximum Gasteiger partial charge on any atom is 0.115 e. The van der Waals surface area contributed by atoms with E-state index in [1.165, 1.54) is 6.08 Å². The summed E-state index contributed by atoms with van der Waals surface area (Å²) < 4.78 is 0. The van der Waals surface area contributed by atoms with Crippen molar-refractivity contribution < 1.29 is 5.11 Å². The third kappa shape index (κ3) is 2.66. The van der Waals surface area contributed by atoms with Gasteiger partial charge in [-0.05, 0) is 17.2 Å². The first-order valence-electron chi connectivity index (χ1n) is 4.95. The highest BCUT2D eigenvalue weighted by atomic mass is 16.3. The number of aliphatic hydroxyl groups is 1. The predicted octanol–water partition coefficient (Wildman–Crippen LogP) is -3.30. The molecule has 0 aliphatic heterocycles. The molecule has 0 aromatic heterocycles. The molecule has 0 saturated heterocycles. The van der Waals surface area contributed by atoms with E-state index in [4.69, 9.17) is 34.4 Å². The normalized spacial score (nSPS) is 26.4. The van der Waals surface area contributed by atoms with Crippen molar-refractivity contribution >= 4 is 0 Å². The smallest absolute Gasteiger partial charge is 0.115 e. The number of nitrogens with two attached hydrogens (primary N) is 6. The monoisotopic (exact) mass is 228 g/mol. The predicted molar refractivity (Wildman–Crippen MR) is 62.2 cm³/mol. The minimum Gasteiger partial charge on any atom is -0.382 e. The van der Waals surface area contributed by atoms with Crippen LogP contribution in [0.3, 0.4) is 0 Å². The highest BCUT2D eigenvalue weighted by Gasteiger charge is 2.35. The van der Waals surface area contributed by atoms with E-state index in [0.717, 1.165) is 0 Å². The molecule has 1 rings (SSSR count). The lowest BCUT2D eigenvalue weighted by atomic mass is 9.83. The van der Waals surface area contributed by atoms with Crippen LogP contribution in [0.25, 0.3) is 0 Å². The second kappa shape index (κ2) is 4.60. The standard InChI is InChI=1S/C9H20N6O/c10-6(11)4-1-5(7(12)13)3-9(16,2-4)8(14)15/h1-2,6-8,16H,3,10-15H2. The zero-order valence-corrected chi connectivity index (χ0v) is 9.01. The van der Waals surface area contributed by atoms with Gasteiger partial charge in [-0.1, -0.05) is 6.08 Å².